The van der Waals surface area contributed by atoms with Crippen molar-refractivity contribution in [3.8, 4) is 5.75 Å². The fourth-order valence-corrected chi connectivity index (χ4v) is 1.60. The third-order valence-corrected chi connectivity index (χ3v) is 2.89. The average Bonchev–Trinajstić information content (AvgIpc) is 2.35. The first-order valence-corrected chi connectivity index (χ1v) is 6.59. The van der Waals surface area contributed by atoms with Crippen LogP contribution in [0.2, 0.25) is 0 Å². The summed E-state index contributed by atoms with van der Waals surface area (Å²) in [6.45, 7) is 8.89. The molecular formula is C15H25ClN2O2. The highest BCUT2D eigenvalue weighted by molar-refractivity contribution is 5.85. The average molecular weight is 301 g/mol. The Morgan fingerprint density at radius 1 is 1.40 bits per heavy atom. The van der Waals surface area contributed by atoms with Crippen LogP contribution < -0.4 is 15.8 Å². The summed E-state index contributed by atoms with van der Waals surface area (Å²) >= 11 is 0. The Labute approximate surface area is 127 Å². The van der Waals surface area contributed by atoms with Crippen LogP contribution in [0.25, 0.3) is 0 Å². The predicted molar refractivity (Wildman–Crippen MR) is 84.1 cm³/mol. The van der Waals surface area contributed by atoms with Crippen molar-refractivity contribution in [2.45, 2.75) is 40.3 Å². The van der Waals surface area contributed by atoms with Crippen molar-refractivity contribution in [2.75, 3.05) is 6.61 Å². The number of hydrogen-bond donors (Lipinski definition) is 2. The van der Waals surface area contributed by atoms with E-state index in [0.717, 1.165) is 11.3 Å². The molecule has 1 amide bonds. The van der Waals surface area contributed by atoms with Gasteiger partial charge in [0.05, 0.1) is 12.6 Å². The number of rotatable bonds is 5. The standard InChI is InChI=1S/C15H24N2O2.ClH/c1-5-19-12-8-6-7-11(9-12)10-17-14(18)13(16)15(2,3)4;/h6-9,13H,5,10,16H2,1-4H3,(H,17,18);1H/t13-;/m1./s1. The number of nitrogens with one attached hydrogen (secondary N) is 1. The summed E-state index contributed by atoms with van der Waals surface area (Å²) in [4.78, 5) is 11.9. The number of halogens is 1. The normalized spacial score (nSPS) is 12.2. The molecule has 1 rings (SSSR count). The summed E-state index contributed by atoms with van der Waals surface area (Å²) in [7, 11) is 0. The zero-order valence-corrected chi connectivity index (χ0v) is 13.4. The third-order valence-electron chi connectivity index (χ3n) is 2.89. The first-order chi connectivity index (χ1) is 8.84. The van der Waals surface area contributed by atoms with Gasteiger partial charge >= 0.3 is 0 Å². The number of ether oxygens (including phenoxy) is 1. The van der Waals surface area contributed by atoms with Gasteiger partial charge in [-0.15, -0.1) is 12.4 Å². The maximum atomic E-state index is 11.9. The summed E-state index contributed by atoms with van der Waals surface area (Å²) in [6.07, 6.45) is 0. The molecule has 0 aliphatic rings. The van der Waals surface area contributed by atoms with Gasteiger partial charge in [0.25, 0.3) is 0 Å². The van der Waals surface area contributed by atoms with Gasteiger partial charge in [0, 0.05) is 6.54 Å². The molecule has 114 valence electrons. The molecule has 20 heavy (non-hydrogen) atoms. The lowest BCUT2D eigenvalue weighted by molar-refractivity contribution is -0.124. The molecule has 0 bridgehead atoms. The van der Waals surface area contributed by atoms with Crippen LogP contribution in [0.1, 0.15) is 33.3 Å². The maximum Gasteiger partial charge on any atom is 0.237 e. The van der Waals surface area contributed by atoms with Crippen LogP contribution in [0.3, 0.4) is 0 Å². The SMILES string of the molecule is CCOc1cccc(CNC(=O)[C@@H](N)C(C)(C)C)c1.Cl. The van der Waals surface area contributed by atoms with E-state index in [2.05, 4.69) is 5.32 Å². The quantitative estimate of drug-likeness (QED) is 0.878. The smallest absolute Gasteiger partial charge is 0.237 e. The van der Waals surface area contributed by atoms with Crippen molar-refractivity contribution in [3.05, 3.63) is 29.8 Å². The number of benzene rings is 1. The molecule has 0 unspecified atom stereocenters. The summed E-state index contributed by atoms with van der Waals surface area (Å²) in [5.41, 5.74) is 6.66. The number of hydrogen-bond acceptors (Lipinski definition) is 3. The second kappa shape index (κ2) is 8.12. The fraction of sp³-hybridized carbons (Fsp3) is 0.533. The largest absolute Gasteiger partial charge is 0.494 e. The number of carbonyl (C=O) groups is 1. The Morgan fingerprint density at radius 2 is 2.05 bits per heavy atom. The molecule has 0 fully saturated rings. The molecule has 3 N–H and O–H groups in total. The van der Waals surface area contributed by atoms with Crippen LogP contribution in [0.15, 0.2) is 24.3 Å². The molecule has 0 spiro atoms. The first kappa shape index (κ1) is 18.7. The maximum absolute atomic E-state index is 11.9. The predicted octanol–water partition coefficient (Wildman–Crippen LogP) is 2.50. The van der Waals surface area contributed by atoms with Crippen molar-refractivity contribution in [1.82, 2.24) is 5.32 Å². The number of nitrogens with two attached hydrogens (primary N) is 1. The molecule has 0 aliphatic carbocycles. The molecule has 0 saturated carbocycles. The first-order valence-electron chi connectivity index (χ1n) is 6.59. The van der Waals surface area contributed by atoms with Gasteiger partial charge in [-0.1, -0.05) is 32.9 Å². The Hall–Kier alpha value is -1.26. The van der Waals surface area contributed by atoms with Crippen LogP contribution in [0.4, 0.5) is 0 Å². The van der Waals surface area contributed by atoms with E-state index in [4.69, 9.17) is 10.5 Å². The van der Waals surface area contributed by atoms with Gasteiger partial charge in [-0.2, -0.15) is 0 Å². The highest BCUT2D eigenvalue weighted by Crippen LogP contribution is 2.17. The van der Waals surface area contributed by atoms with E-state index in [1.54, 1.807) is 0 Å². The fourth-order valence-electron chi connectivity index (χ4n) is 1.60. The molecule has 1 aromatic rings. The van der Waals surface area contributed by atoms with Gasteiger partial charge in [0.1, 0.15) is 5.75 Å². The Bertz CT molecular complexity index is 430. The molecule has 1 atom stereocenters. The monoisotopic (exact) mass is 300 g/mol. The summed E-state index contributed by atoms with van der Waals surface area (Å²) in [5.74, 6) is 0.684. The van der Waals surface area contributed by atoms with E-state index in [-0.39, 0.29) is 23.7 Å². The van der Waals surface area contributed by atoms with Crippen LogP contribution in [-0.4, -0.2) is 18.6 Å². The lowest BCUT2D eigenvalue weighted by Crippen LogP contribution is -2.48. The lowest BCUT2D eigenvalue weighted by atomic mass is 9.87. The lowest BCUT2D eigenvalue weighted by Gasteiger charge is -2.25. The van der Waals surface area contributed by atoms with E-state index >= 15 is 0 Å². The molecule has 4 nitrogen and oxygen atoms in total. The van der Waals surface area contributed by atoms with E-state index < -0.39 is 6.04 Å². The minimum Gasteiger partial charge on any atom is -0.494 e. The van der Waals surface area contributed by atoms with Crippen LogP contribution in [0, 0.1) is 5.41 Å². The Kier molecular flexibility index (Phi) is 7.61. The van der Waals surface area contributed by atoms with Gasteiger partial charge in [-0.25, -0.2) is 0 Å². The Balaban J connectivity index is 0.00000361. The zero-order valence-electron chi connectivity index (χ0n) is 12.6. The van der Waals surface area contributed by atoms with E-state index in [1.807, 2.05) is 52.0 Å². The topological polar surface area (TPSA) is 64.3 Å². The molecule has 0 aromatic heterocycles. The van der Waals surface area contributed by atoms with Crippen molar-refractivity contribution in [2.24, 2.45) is 11.1 Å². The molecule has 5 heteroatoms. The van der Waals surface area contributed by atoms with Gasteiger partial charge in [0.15, 0.2) is 0 Å². The zero-order chi connectivity index (χ0) is 14.5. The number of carbonyl (C=O) groups excluding carboxylic acids is 1. The van der Waals surface area contributed by atoms with Gasteiger partial charge < -0.3 is 15.8 Å². The molecule has 1 aromatic carbocycles. The van der Waals surface area contributed by atoms with Gasteiger partial charge in [-0.3, -0.25) is 4.79 Å². The highest BCUT2D eigenvalue weighted by atomic mass is 35.5. The molecule has 0 saturated heterocycles. The van der Waals surface area contributed by atoms with Crippen LogP contribution >= 0.6 is 12.4 Å². The molecular weight excluding hydrogens is 276 g/mol. The van der Waals surface area contributed by atoms with Crippen LogP contribution in [-0.2, 0) is 11.3 Å². The number of amides is 1. The molecule has 0 radical (unpaired) electrons. The minimum atomic E-state index is -0.512. The van der Waals surface area contributed by atoms with Crippen molar-refractivity contribution in [1.29, 1.82) is 0 Å². The van der Waals surface area contributed by atoms with Crippen LogP contribution in [0.5, 0.6) is 5.75 Å². The van der Waals surface area contributed by atoms with Crippen molar-refractivity contribution < 1.29 is 9.53 Å². The van der Waals surface area contributed by atoms with Crippen molar-refractivity contribution in [3.63, 3.8) is 0 Å². The summed E-state index contributed by atoms with van der Waals surface area (Å²) in [5, 5.41) is 2.86. The van der Waals surface area contributed by atoms with Crippen molar-refractivity contribution >= 4 is 18.3 Å². The summed E-state index contributed by atoms with van der Waals surface area (Å²) in [6, 6.07) is 7.17. The second-order valence-electron chi connectivity index (χ2n) is 5.64. The highest BCUT2D eigenvalue weighted by Gasteiger charge is 2.26. The Morgan fingerprint density at radius 3 is 2.60 bits per heavy atom. The van der Waals surface area contributed by atoms with E-state index in [9.17, 15) is 4.79 Å². The van der Waals surface area contributed by atoms with Gasteiger partial charge in [0.2, 0.25) is 5.91 Å². The molecule has 0 aliphatic heterocycles. The van der Waals surface area contributed by atoms with E-state index in [0.29, 0.717) is 13.2 Å². The second-order valence-corrected chi connectivity index (χ2v) is 5.64. The summed E-state index contributed by atoms with van der Waals surface area (Å²) < 4.78 is 5.42. The van der Waals surface area contributed by atoms with E-state index in [1.165, 1.54) is 0 Å². The molecule has 0 heterocycles. The minimum absolute atomic E-state index is 0. The van der Waals surface area contributed by atoms with Gasteiger partial charge in [-0.05, 0) is 30.0 Å². The third kappa shape index (κ3) is 5.80.